The smallest absolute Gasteiger partial charge is 0.205 e. The fraction of sp³-hybridized carbons (Fsp3) is 0.688. The lowest BCUT2D eigenvalue weighted by molar-refractivity contribution is 0.140. The van der Waals surface area contributed by atoms with Crippen molar-refractivity contribution in [3.05, 3.63) is 24.6 Å². The number of nitrogens with one attached hydrogen (secondary N) is 1. The van der Waals surface area contributed by atoms with Gasteiger partial charge in [-0.3, -0.25) is 0 Å². The van der Waals surface area contributed by atoms with Crippen molar-refractivity contribution in [2.75, 3.05) is 32.1 Å². The van der Waals surface area contributed by atoms with Crippen molar-refractivity contribution in [3.8, 4) is 0 Å². The standard InChI is InChI=1S/C16H25N5O/c1-19(2)7-8-22-14-10-20-15-9-17-11-21(15)13-6-4-3-5-12(13)16(20)18-14/h9-13,16,18H,3-8H2,1-2H3. The summed E-state index contributed by atoms with van der Waals surface area (Å²) in [7, 11) is 4.13. The van der Waals surface area contributed by atoms with Crippen molar-refractivity contribution in [1.82, 2.24) is 19.8 Å². The first-order valence-corrected chi connectivity index (χ1v) is 8.30. The molecule has 0 amide bonds. The molecule has 3 heterocycles. The number of ether oxygens (including phenoxy) is 1. The maximum Gasteiger partial charge on any atom is 0.205 e. The third kappa shape index (κ3) is 2.26. The van der Waals surface area contributed by atoms with Crippen LogP contribution < -0.4 is 10.2 Å². The number of likely N-dealkylation sites (N-methyl/N-ethyl adjacent to an activating group) is 1. The van der Waals surface area contributed by atoms with Gasteiger partial charge in [0.15, 0.2) is 0 Å². The van der Waals surface area contributed by atoms with Gasteiger partial charge in [0.1, 0.15) is 18.6 Å². The van der Waals surface area contributed by atoms with Crippen LogP contribution in [-0.4, -0.2) is 47.9 Å². The number of hydrogen-bond acceptors (Lipinski definition) is 5. The van der Waals surface area contributed by atoms with Crippen LogP contribution in [0.3, 0.4) is 0 Å². The van der Waals surface area contributed by atoms with E-state index in [-0.39, 0.29) is 0 Å². The summed E-state index contributed by atoms with van der Waals surface area (Å²) in [4.78, 5) is 8.83. The van der Waals surface area contributed by atoms with Crippen LogP contribution in [0.25, 0.3) is 0 Å². The van der Waals surface area contributed by atoms with Gasteiger partial charge in [-0.25, -0.2) is 4.98 Å². The number of imidazole rings is 1. The first-order chi connectivity index (χ1) is 10.7. The molecule has 6 nitrogen and oxygen atoms in total. The minimum absolute atomic E-state index is 0.323. The van der Waals surface area contributed by atoms with E-state index in [9.17, 15) is 0 Å². The molecule has 0 spiro atoms. The molecule has 1 fully saturated rings. The highest BCUT2D eigenvalue weighted by Gasteiger charge is 2.44. The quantitative estimate of drug-likeness (QED) is 0.918. The van der Waals surface area contributed by atoms with E-state index < -0.39 is 0 Å². The molecule has 1 aliphatic carbocycles. The van der Waals surface area contributed by atoms with Gasteiger partial charge in [0.25, 0.3) is 0 Å². The van der Waals surface area contributed by atoms with E-state index in [0.717, 1.165) is 12.4 Å². The minimum Gasteiger partial charge on any atom is -0.477 e. The summed E-state index contributed by atoms with van der Waals surface area (Å²) >= 11 is 0. The van der Waals surface area contributed by atoms with Gasteiger partial charge < -0.3 is 24.4 Å². The van der Waals surface area contributed by atoms with E-state index in [1.165, 1.54) is 31.5 Å². The maximum absolute atomic E-state index is 5.91. The van der Waals surface area contributed by atoms with Crippen molar-refractivity contribution in [3.63, 3.8) is 0 Å². The molecule has 22 heavy (non-hydrogen) atoms. The Balaban J connectivity index is 1.54. The molecule has 0 bridgehead atoms. The topological polar surface area (TPSA) is 45.6 Å². The van der Waals surface area contributed by atoms with E-state index in [1.54, 1.807) is 0 Å². The highest BCUT2D eigenvalue weighted by molar-refractivity contribution is 5.49. The molecule has 2 aliphatic heterocycles. The van der Waals surface area contributed by atoms with E-state index >= 15 is 0 Å². The van der Waals surface area contributed by atoms with Crippen molar-refractivity contribution in [1.29, 1.82) is 0 Å². The second kappa shape index (κ2) is 5.50. The fourth-order valence-electron chi connectivity index (χ4n) is 4.01. The zero-order valence-corrected chi connectivity index (χ0v) is 13.4. The Morgan fingerprint density at radius 3 is 3.09 bits per heavy atom. The van der Waals surface area contributed by atoms with Crippen LogP contribution in [0.2, 0.25) is 0 Å². The minimum atomic E-state index is 0.323. The lowest BCUT2D eigenvalue weighted by Gasteiger charge is -2.45. The molecule has 0 saturated heterocycles. The summed E-state index contributed by atoms with van der Waals surface area (Å²) < 4.78 is 8.28. The molecule has 1 N–H and O–H groups in total. The maximum atomic E-state index is 5.91. The molecule has 1 aromatic heterocycles. The highest BCUT2D eigenvalue weighted by Crippen LogP contribution is 2.45. The van der Waals surface area contributed by atoms with E-state index in [4.69, 9.17) is 4.74 Å². The van der Waals surface area contributed by atoms with Crippen LogP contribution in [-0.2, 0) is 4.74 Å². The van der Waals surface area contributed by atoms with Crippen molar-refractivity contribution < 1.29 is 4.74 Å². The Bertz CT molecular complexity index is 567. The summed E-state index contributed by atoms with van der Waals surface area (Å²) in [5, 5.41) is 3.60. The number of anilines is 1. The molecule has 3 unspecified atom stereocenters. The Morgan fingerprint density at radius 2 is 2.23 bits per heavy atom. The Hall–Kier alpha value is -1.69. The van der Waals surface area contributed by atoms with Gasteiger partial charge in [-0.1, -0.05) is 12.8 Å². The van der Waals surface area contributed by atoms with Crippen LogP contribution in [0, 0.1) is 5.92 Å². The van der Waals surface area contributed by atoms with Crippen LogP contribution in [0.1, 0.15) is 31.7 Å². The monoisotopic (exact) mass is 303 g/mol. The third-order valence-electron chi connectivity index (χ3n) is 5.10. The predicted octanol–water partition coefficient (Wildman–Crippen LogP) is 1.74. The molecule has 1 saturated carbocycles. The lowest BCUT2D eigenvalue weighted by Crippen LogP contribution is -2.51. The van der Waals surface area contributed by atoms with Gasteiger partial charge >= 0.3 is 0 Å². The van der Waals surface area contributed by atoms with E-state index in [1.807, 2.05) is 12.5 Å². The van der Waals surface area contributed by atoms with Gasteiger partial charge in [0.05, 0.1) is 18.7 Å². The molecular weight excluding hydrogens is 278 g/mol. The number of aromatic nitrogens is 2. The number of nitrogens with zero attached hydrogens (tertiary/aromatic N) is 4. The molecule has 3 atom stereocenters. The number of rotatable bonds is 4. The zero-order valence-electron chi connectivity index (χ0n) is 13.4. The summed E-state index contributed by atoms with van der Waals surface area (Å²) in [5.41, 5.74) is 0. The summed E-state index contributed by atoms with van der Waals surface area (Å²) in [6.45, 7) is 1.63. The van der Waals surface area contributed by atoms with Crippen LogP contribution in [0.4, 0.5) is 5.82 Å². The number of hydrogen-bond donors (Lipinski definition) is 1. The van der Waals surface area contributed by atoms with Crippen LogP contribution in [0.5, 0.6) is 0 Å². The van der Waals surface area contributed by atoms with Gasteiger partial charge in [-0.05, 0) is 26.9 Å². The first kappa shape index (κ1) is 13.9. The molecular formula is C16H25N5O. The molecule has 0 radical (unpaired) electrons. The second-order valence-corrected chi connectivity index (χ2v) is 6.82. The average Bonchev–Trinajstić information content (AvgIpc) is 3.13. The van der Waals surface area contributed by atoms with Gasteiger partial charge in [-0.15, -0.1) is 0 Å². The lowest BCUT2D eigenvalue weighted by atomic mass is 9.81. The van der Waals surface area contributed by atoms with E-state index in [0.29, 0.717) is 24.7 Å². The van der Waals surface area contributed by atoms with Crippen molar-refractivity contribution >= 4 is 5.82 Å². The summed E-state index contributed by atoms with van der Waals surface area (Å²) in [6, 6.07) is 0.578. The van der Waals surface area contributed by atoms with Crippen LogP contribution >= 0.6 is 0 Å². The largest absolute Gasteiger partial charge is 0.477 e. The van der Waals surface area contributed by atoms with Gasteiger partial charge in [0.2, 0.25) is 5.88 Å². The molecule has 1 aromatic rings. The van der Waals surface area contributed by atoms with Crippen molar-refractivity contribution in [2.45, 2.75) is 37.9 Å². The Kier molecular flexibility index (Phi) is 3.48. The Labute approximate surface area is 131 Å². The summed E-state index contributed by atoms with van der Waals surface area (Å²) in [6.07, 6.45) is 11.6. The number of fused-ring (bicyclic) bond motifs is 6. The van der Waals surface area contributed by atoms with Gasteiger partial charge in [-0.2, -0.15) is 0 Å². The SMILES string of the molecule is CN(C)CCOC1=CN2c3cncn3C3CCCCC3C2N1. The molecule has 0 aromatic carbocycles. The molecule has 6 heteroatoms. The zero-order chi connectivity index (χ0) is 15.1. The highest BCUT2D eigenvalue weighted by atomic mass is 16.5. The normalized spacial score (nSPS) is 29.5. The second-order valence-electron chi connectivity index (χ2n) is 6.82. The Morgan fingerprint density at radius 1 is 1.36 bits per heavy atom. The molecule has 4 rings (SSSR count). The van der Waals surface area contributed by atoms with Crippen molar-refractivity contribution in [2.24, 2.45) is 5.92 Å². The predicted molar refractivity (Wildman–Crippen MR) is 85.2 cm³/mol. The molecule has 3 aliphatic rings. The van der Waals surface area contributed by atoms with E-state index in [2.05, 4.69) is 45.0 Å². The van der Waals surface area contributed by atoms with Crippen LogP contribution in [0.15, 0.2) is 24.6 Å². The first-order valence-electron chi connectivity index (χ1n) is 8.30. The average molecular weight is 303 g/mol. The third-order valence-corrected chi connectivity index (χ3v) is 5.10. The molecule has 120 valence electrons. The summed E-state index contributed by atoms with van der Waals surface area (Å²) in [5.74, 6) is 2.71. The van der Waals surface area contributed by atoms with Gasteiger partial charge in [0, 0.05) is 18.5 Å². The fourth-order valence-corrected chi connectivity index (χ4v) is 4.01.